The molecule has 1 aromatic heterocycles. The highest BCUT2D eigenvalue weighted by molar-refractivity contribution is 5.76. The van der Waals surface area contributed by atoms with Gasteiger partial charge in [-0.2, -0.15) is 0 Å². The Bertz CT molecular complexity index is 1970. The van der Waals surface area contributed by atoms with Gasteiger partial charge in [0.25, 0.3) is 5.56 Å². The van der Waals surface area contributed by atoms with Gasteiger partial charge in [-0.15, -0.1) is 0 Å². The van der Waals surface area contributed by atoms with E-state index >= 15 is 0 Å². The van der Waals surface area contributed by atoms with Gasteiger partial charge in [0.1, 0.15) is 17.9 Å². The SMILES string of the molecule is Cc1c(-c2cccc(CCC(=O)NCCOCCOCCOCCOCCOCCOCCC=O)c2)c(=O)n(CCc2ccccc2)c(=O)n1Cc1c(F)cccc1F. The van der Waals surface area contributed by atoms with E-state index in [-0.39, 0.29) is 35.7 Å². The van der Waals surface area contributed by atoms with Gasteiger partial charge >= 0.3 is 5.69 Å². The number of aryl methyl sites for hydroxylation is 2. The lowest BCUT2D eigenvalue weighted by Crippen LogP contribution is -2.42. The van der Waals surface area contributed by atoms with Gasteiger partial charge in [0.05, 0.1) is 91.4 Å². The Morgan fingerprint density at radius 1 is 0.661 bits per heavy atom. The Morgan fingerprint density at radius 2 is 1.20 bits per heavy atom. The second-order valence-electron chi connectivity index (χ2n) is 13.4. The topological polar surface area (TPSA) is 146 Å². The maximum atomic E-state index is 14.8. The minimum atomic E-state index is -0.788. The van der Waals surface area contributed by atoms with Crippen LogP contribution < -0.4 is 16.6 Å². The van der Waals surface area contributed by atoms with Crippen molar-refractivity contribution in [2.75, 3.05) is 85.8 Å². The molecule has 3 aromatic carbocycles. The molecule has 0 bridgehead atoms. The Kier molecular flexibility index (Phi) is 21.4. The summed E-state index contributed by atoms with van der Waals surface area (Å²) in [5, 5.41) is 2.84. The summed E-state index contributed by atoms with van der Waals surface area (Å²) in [5.41, 5.74) is 1.33. The number of benzene rings is 3. The molecule has 4 aromatic rings. The highest BCUT2D eigenvalue weighted by atomic mass is 19.1. The van der Waals surface area contributed by atoms with Crippen molar-refractivity contribution in [1.82, 2.24) is 14.5 Å². The van der Waals surface area contributed by atoms with E-state index in [1.54, 1.807) is 25.1 Å². The zero-order valence-corrected chi connectivity index (χ0v) is 33.7. The van der Waals surface area contributed by atoms with Crippen LogP contribution in [0.2, 0.25) is 0 Å². The highest BCUT2D eigenvalue weighted by Gasteiger charge is 2.21. The monoisotopic (exact) mass is 823 g/mol. The van der Waals surface area contributed by atoms with Gasteiger partial charge in [0.15, 0.2) is 0 Å². The van der Waals surface area contributed by atoms with Crippen LogP contribution in [0, 0.1) is 18.6 Å². The first-order valence-electron chi connectivity index (χ1n) is 19.9. The Balaban J connectivity index is 1.18. The van der Waals surface area contributed by atoms with Crippen molar-refractivity contribution in [2.45, 2.75) is 45.7 Å². The normalized spacial score (nSPS) is 11.2. The van der Waals surface area contributed by atoms with Gasteiger partial charge in [-0.3, -0.25) is 18.7 Å². The molecule has 0 saturated carbocycles. The molecule has 0 spiro atoms. The van der Waals surface area contributed by atoms with Crippen LogP contribution in [0.4, 0.5) is 8.78 Å². The van der Waals surface area contributed by atoms with Crippen LogP contribution in [-0.2, 0) is 63.9 Å². The first-order chi connectivity index (χ1) is 28.8. The average molecular weight is 824 g/mol. The fourth-order valence-electron chi connectivity index (χ4n) is 6.07. The number of rotatable bonds is 30. The Labute approximate surface area is 343 Å². The third-order valence-electron chi connectivity index (χ3n) is 9.20. The van der Waals surface area contributed by atoms with Crippen LogP contribution in [0.25, 0.3) is 11.1 Å². The third kappa shape index (κ3) is 16.3. The standard InChI is InChI=1S/C44H55F2N3O10/c1-34-42(43(52)48(18-16-35-8-3-2-4-9-35)44(53)49(34)33-38-39(45)12-6-13-40(38)46)37-11-5-10-36(32-37)14-15-41(51)47-17-21-55-23-25-57-27-29-59-31-30-58-28-26-56-24-22-54-20-7-19-50/h2-6,8-13,19,32H,7,14-18,20-31,33H2,1H3,(H,47,51). The molecule has 0 aliphatic carbocycles. The molecule has 1 amide bonds. The van der Waals surface area contributed by atoms with Gasteiger partial charge in [-0.05, 0) is 48.6 Å². The van der Waals surface area contributed by atoms with E-state index in [0.29, 0.717) is 111 Å². The molecule has 320 valence electrons. The zero-order valence-electron chi connectivity index (χ0n) is 33.7. The number of nitrogens with zero attached hydrogens (tertiary/aromatic N) is 2. The summed E-state index contributed by atoms with van der Waals surface area (Å²) in [4.78, 5) is 50.6. The van der Waals surface area contributed by atoms with Crippen molar-refractivity contribution in [2.24, 2.45) is 0 Å². The Hall–Kier alpha value is -4.90. The molecule has 0 unspecified atom stereocenters. The van der Waals surface area contributed by atoms with Crippen molar-refractivity contribution in [3.63, 3.8) is 0 Å². The summed E-state index contributed by atoms with van der Waals surface area (Å²) in [6, 6.07) is 20.1. The van der Waals surface area contributed by atoms with E-state index in [0.717, 1.165) is 34.1 Å². The van der Waals surface area contributed by atoms with Gasteiger partial charge in [0, 0.05) is 37.2 Å². The molecule has 4 rings (SSSR count). The molecular weight excluding hydrogens is 768 g/mol. The molecule has 0 radical (unpaired) electrons. The molecule has 0 saturated heterocycles. The molecule has 15 heteroatoms. The summed E-state index contributed by atoms with van der Waals surface area (Å²) in [6.45, 7) is 6.59. The molecule has 1 heterocycles. The van der Waals surface area contributed by atoms with E-state index in [1.165, 1.54) is 10.6 Å². The van der Waals surface area contributed by atoms with Gasteiger partial charge in [-0.25, -0.2) is 13.6 Å². The van der Waals surface area contributed by atoms with Crippen molar-refractivity contribution >= 4 is 12.2 Å². The number of hydrogen-bond donors (Lipinski definition) is 1. The molecular formula is C44H55F2N3O10. The molecule has 13 nitrogen and oxygen atoms in total. The van der Waals surface area contributed by atoms with Crippen molar-refractivity contribution in [3.8, 4) is 11.1 Å². The maximum Gasteiger partial charge on any atom is 0.331 e. The first kappa shape index (κ1) is 46.8. The quantitative estimate of drug-likeness (QED) is 0.0598. The van der Waals surface area contributed by atoms with Crippen molar-refractivity contribution < 1.29 is 46.8 Å². The minimum Gasteiger partial charge on any atom is -0.379 e. The van der Waals surface area contributed by atoms with Crippen molar-refractivity contribution in [1.29, 1.82) is 0 Å². The second kappa shape index (κ2) is 27.0. The fraction of sp³-hybridized carbons (Fsp3) is 0.455. The average Bonchev–Trinajstić information content (AvgIpc) is 3.23. The maximum absolute atomic E-state index is 14.8. The van der Waals surface area contributed by atoms with Crippen LogP contribution in [0.1, 0.15) is 35.2 Å². The number of aromatic nitrogens is 2. The lowest BCUT2D eigenvalue weighted by molar-refractivity contribution is -0.121. The fourth-order valence-corrected chi connectivity index (χ4v) is 6.07. The van der Waals surface area contributed by atoms with Gasteiger partial charge < -0.3 is 38.5 Å². The van der Waals surface area contributed by atoms with Crippen LogP contribution in [-0.4, -0.2) is 107 Å². The molecule has 0 aliphatic heterocycles. The van der Waals surface area contributed by atoms with Crippen LogP contribution in [0.15, 0.2) is 82.4 Å². The van der Waals surface area contributed by atoms with Crippen LogP contribution in [0.3, 0.4) is 0 Å². The predicted octanol–water partition coefficient (Wildman–Crippen LogP) is 4.29. The highest BCUT2D eigenvalue weighted by Crippen LogP contribution is 2.23. The molecule has 59 heavy (non-hydrogen) atoms. The smallest absolute Gasteiger partial charge is 0.331 e. The number of carbonyl (C=O) groups is 2. The number of ether oxygens (including phenoxy) is 6. The van der Waals surface area contributed by atoms with Crippen LogP contribution in [0.5, 0.6) is 0 Å². The van der Waals surface area contributed by atoms with E-state index in [4.69, 9.17) is 28.4 Å². The summed E-state index contributed by atoms with van der Waals surface area (Å²) in [7, 11) is 0. The number of hydrogen-bond acceptors (Lipinski definition) is 10. The Morgan fingerprint density at radius 3 is 1.80 bits per heavy atom. The largest absolute Gasteiger partial charge is 0.379 e. The molecule has 0 fully saturated rings. The van der Waals surface area contributed by atoms with Crippen LogP contribution >= 0.6 is 0 Å². The summed E-state index contributed by atoms with van der Waals surface area (Å²) in [5.74, 6) is -1.74. The van der Waals surface area contributed by atoms with E-state index in [1.807, 2.05) is 36.4 Å². The molecule has 0 aliphatic rings. The number of amides is 1. The second-order valence-corrected chi connectivity index (χ2v) is 13.4. The number of halogens is 2. The minimum absolute atomic E-state index is 0.0689. The lowest BCUT2D eigenvalue weighted by atomic mass is 10.00. The third-order valence-corrected chi connectivity index (χ3v) is 9.20. The predicted molar refractivity (Wildman–Crippen MR) is 218 cm³/mol. The molecule has 1 N–H and O–H groups in total. The van der Waals surface area contributed by atoms with E-state index in [9.17, 15) is 28.0 Å². The summed E-state index contributed by atoms with van der Waals surface area (Å²) >= 11 is 0. The van der Waals surface area contributed by atoms with E-state index in [2.05, 4.69) is 5.32 Å². The van der Waals surface area contributed by atoms with E-state index < -0.39 is 29.4 Å². The lowest BCUT2D eigenvalue weighted by Gasteiger charge is -2.18. The summed E-state index contributed by atoms with van der Waals surface area (Å²) in [6.07, 6.45) is 2.18. The van der Waals surface area contributed by atoms with Gasteiger partial charge in [0.2, 0.25) is 5.91 Å². The summed E-state index contributed by atoms with van der Waals surface area (Å²) < 4.78 is 64.4. The van der Waals surface area contributed by atoms with Gasteiger partial charge in [-0.1, -0.05) is 60.7 Å². The first-order valence-corrected chi connectivity index (χ1v) is 19.9. The van der Waals surface area contributed by atoms with Crippen molar-refractivity contribution in [3.05, 3.63) is 128 Å². The number of nitrogens with one attached hydrogen (secondary N) is 1. The zero-order chi connectivity index (χ0) is 42.1. The number of carbonyl (C=O) groups excluding carboxylic acids is 2. The number of aldehydes is 1. The molecule has 0 atom stereocenters.